The second-order valence-electron chi connectivity index (χ2n) is 9.91. The number of amides is 2. The third kappa shape index (κ3) is 8.04. The zero-order valence-corrected chi connectivity index (χ0v) is 24.5. The van der Waals surface area contributed by atoms with Gasteiger partial charge in [0, 0.05) is 25.1 Å². The Morgan fingerprint density at radius 2 is 1.42 bits per heavy atom. The van der Waals surface area contributed by atoms with E-state index < -0.39 is 46.1 Å². The summed E-state index contributed by atoms with van der Waals surface area (Å²) in [5.74, 6) is -2.33. The Labute approximate surface area is 250 Å². The molecule has 0 heterocycles. The minimum absolute atomic E-state index is 0.118. The summed E-state index contributed by atoms with van der Waals surface area (Å²) in [6.07, 6.45) is 0.773. The maximum atomic E-state index is 14.9. The smallest absolute Gasteiger partial charge is 0.264 e. The molecule has 0 aliphatic heterocycles. The van der Waals surface area contributed by atoms with E-state index in [2.05, 4.69) is 5.32 Å². The molecule has 10 heteroatoms. The van der Waals surface area contributed by atoms with Crippen molar-refractivity contribution in [2.24, 2.45) is 0 Å². The quantitative estimate of drug-likeness (QED) is 0.223. The summed E-state index contributed by atoms with van der Waals surface area (Å²) in [6.45, 7) is 1.29. The third-order valence-corrected chi connectivity index (χ3v) is 8.63. The van der Waals surface area contributed by atoms with Gasteiger partial charge in [0.25, 0.3) is 10.0 Å². The molecule has 0 unspecified atom stereocenters. The molecule has 0 saturated carbocycles. The van der Waals surface area contributed by atoms with Crippen LogP contribution in [-0.2, 0) is 32.6 Å². The highest BCUT2D eigenvalue weighted by molar-refractivity contribution is 7.92. The van der Waals surface area contributed by atoms with Gasteiger partial charge in [-0.3, -0.25) is 13.9 Å². The van der Waals surface area contributed by atoms with Crippen molar-refractivity contribution in [3.8, 4) is 0 Å². The standard InChI is InChI=1S/C33H33F2N3O4S/c1-2-21-36-33(40)31(22-25-11-5-3-6-12-25)37(23-26-13-9-10-16-30(26)35)32(39)24-38(28-14-7-4-8-15-28)43(41,42)29-19-17-27(34)18-20-29/h3-20,31H,2,21-24H2,1H3,(H,36,40)/t31-/m1/s1. The van der Waals surface area contributed by atoms with Crippen molar-refractivity contribution in [1.29, 1.82) is 0 Å². The summed E-state index contributed by atoms with van der Waals surface area (Å²) < 4.78 is 57.2. The number of para-hydroxylation sites is 1. The molecule has 0 aliphatic carbocycles. The fourth-order valence-corrected chi connectivity index (χ4v) is 6.00. The molecule has 0 saturated heterocycles. The Morgan fingerprint density at radius 1 is 0.814 bits per heavy atom. The topological polar surface area (TPSA) is 86.8 Å². The number of nitrogens with one attached hydrogen (secondary N) is 1. The average Bonchev–Trinajstić information content (AvgIpc) is 3.02. The number of hydrogen-bond donors (Lipinski definition) is 1. The molecule has 1 N–H and O–H groups in total. The van der Waals surface area contributed by atoms with Crippen molar-refractivity contribution >= 4 is 27.5 Å². The third-order valence-electron chi connectivity index (χ3n) is 6.84. The van der Waals surface area contributed by atoms with Gasteiger partial charge < -0.3 is 10.2 Å². The highest BCUT2D eigenvalue weighted by atomic mass is 32.2. The van der Waals surface area contributed by atoms with E-state index >= 15 is 0 Å². The molecular formula is C33H33F2N3O4S. The number of rotatable bonds is 13. The predicted octanol–water partition coefficient (Wildman–Crippen LogP) is 5.33. The molecule has 7 nitrogen and oxygen atoms in total. The van der Waals surface area contributed by atoms with E-state index in [1.807, 2.05) is 37.3 Å². The van der Waals surface area contributed by atoms with Gasteiger partial charge in [0.05, 0.1) is 10.6 Å². The van der Waals surface area contributed by atoms with Crippen LogP contribution in [0.2, 0.25) is 0 Å². The van der Waals surface area contributed by atoms with Crippen molar-refractivity contribution in [3.63, 3.8) is 0 Å². The van der Waals surface area contributed by atoms with E-state index in [1.54, 1.807) is 24.3 Å². The van der Waals surface area contributed by atoms with E-state index in [-0.39, 0.29) is 29.1 Å². The van der Waals surface area contributed by atoms with Crippen LogP contribution in [0.25, 0.3) is 0 Å². The van der Waals surface area contributed by atoms with E-state index in [9.17, 15) is 26.8 Å². The molecule has 0 aromatic heterocycles. The maximum absolute atomic E-state index is 14.9. The maximum Gasteiger partial charge on any atom is 0.264 e. The first-order valence-electron chi connectivity index (χ1n) is 13.9. The Hall–Kier alpha value is -4.57. The van der Waals surface area contributed by atoms with Crippen molar-refractivity contribution in [1.82, 2.24) is 10.2 Å². The van der Waals surface area contributed by atoms with E-state index in [4.69, 9.17) is 0 Å². The van der Waals surface area contributed by atoms with Gasteiger partial charge in [-0.05, 0) is 54.4 Å². The van der Waals surface area contributed by atoms with E-state index in [1.165, 1.54) is 35.2 Å². The lowest BCUT2D eigenvalue weighted by Gasteiger charge is -2.34. The van der Waals surface area contributed by atoms with Gasteiger partial charge in [0.15, 0.2) is 0 Å². The second-order valence-corrected chi connectivity index (χ2v) is 11.8. The van der Waals surface area contributed by atoms with Crippen LogP contribution in [0.15, 0.2) is 114 Å². The normalized spacial score (nSPS) is 11.9. The molecule has 4 rings (SSSR count). The minimum Gasteiger partial charge on any atom is -0.354 e. The second kappa shape index (κ2) is 14.6. The van der Waals surface area contributed by atoms with Gasteiger partial charge in [0.1, 0.15) is 24.2 Å². The van der Waals surface area contributed by atoms with Crippen LogP contribution >= 0.6 is 0 Å². The largest absolute Gasteiger partial charge is 0.354 e. The van der Waals surface area contributed by atoms with E-state index in [0.717, 1.165) is 34.1 Å². The number of nitrogens with zero attached hydrogens (tertiary/aromatic N) is 2. The zero-order valence-electron chi connectivity index (χ0n) is 23.7. The Bertz CT molecular complexity index is 1620. The van der Waals surface area contributed by atoms with Crippen molar-refractivity contribution in [2.75, 3.05) is 17.4 Å². The van der Waals surface area contributed by atoms with Crippen LogP contribution in [0.4, 0.5) is 14.5 Å². The fourth-order valence-electron chi connectivity index (χ4n) is 4.59. The van der Waals surface area contributed by atoms with Crippen molar-refractivity contribution < 1.29 is 26.8 Å². The minimum atomic E-state index is -4.35. The molecule has 1 atom stereocenters. The van der Waals surface area contributed by atoms with Crippen LogP contribution in [0.3, 0.4) is 0 Å². The van der Waals surface area contributed by atoms with Crippen LogP contribution < -0.4 is 9.62 Å². The van der Waals surface area contributed by atoms with Gasteiger partial charge in [-0.2, -0.15) is 0 Å². The number of benzene rings is 4. The molecule has 224 valence electrons. The molecule has 4 aromatic rings. The van der Waals surface area contributed by atoms with Crippen molar-refractivity contribution in [3.05, 3.63) is 132 Å². The molecule has 0 radical (unpaired) electrons. The Balaban J connectivity index is 1.78. The van der Waals surface area contributed by atoms with Crippen LogP contribution in [0.5, 0.6) is 0 Å². The number of carbonyl (C=O) groups excluding carboxylic acids is 2. The summed E-state index contributed by atoms with van der Waals surface area (Å²) in [5, 5.41) is 2.84. The number of carbonyl (C=O) groups is 2. The lowest BCUT2D eigenvalue weighted by atomic mass is 10.0. The molecule has 2 amide bonds. The molecular weight excluding hydrogens is 572 g/mol. The SMILES string of the molecule is CCCNC(=O)[C@@H](Cc1ccccc1)N(Cc1ccccc1F)C(=O)CN(c1ccccc1)S(=O)(=O)c1ccc(F)cc1. The predicted molar refractivity (Wildman–Crippen MR) is 162 cm³/mol. The molecule has 0 bridgehead atoms. The van der Waals surface area contributed by atoms with Gasteiger partial charge in [-0.1, -0.05) is 73.7 Å². The first-order valence-corrected chi connectivity index (χ1v) is 15.3. The fraction of sp³-hybridized carbons (Fsp3) is 0.212. The van der Waals surface area contributed by atoms with Crippen LogP contribution in [0.1, 0.15) is 24.5 Å². The summed E-state index contributed by atoms with van der Waals surface area (Å²) >= 11 is 0. The first kappa shape index (κ1) is 31.4. The monoisotopic (exact) mass is 605 g/mol. The van der Waals surface area contributed by atoms with E-state index in [0.29, 0.717) is 13.0 Å². The van der Waals surface area contributed by atoms with Gasteiger partial charge in [-0.25, -0.2) is 17.2 Å². The van der Waals surface area contributed by atoms with Gasteiger partial charge >= 0.3 is 0 Å². The average molecular weight is 606 g/mol. The van der Waals surface area contributed by atoms with Gasteiger partial charge in [0.2, 0.25) is 11.8 Å². The molecule has 4 aromatic carbocycles. The molecule has 0 aliphatic rings. The number of halogens is 2. The summed E-state index contributed by atoms with van der Waals surface area (Å²) in [4.78, 5) is 28.8. The highest BCUT2D eigenvalue weighted by Gasteiger charge is 2.34. The number of anilines is 1. The van der Waals surface area contributed by atoms with Crippen molar-refractivity contribution in [2.45, 2.75) is 37.2 Å². The van der Waals surface area contributed by atoms with Gasteiger partial charge in [-0.15, -0.1) is 0 Å². The highest BCUT2D eigenvalue weighted by Crippen LogP contribution is 2.25. The summed E-state index contributed by atoms with van der Waals surface area (Å²) in [7, 11) is -4.35. The van der Waals surface area contributed by atoms with Crippen LogP contribution in [-0.4, -0.2) is 44.3 Å². The Morgan fingerprint density at radius 3 is 2.05 bits per heavy atom. The molecule has 0 spiro atoms. The zero-order chi connectivity index (χ0) is 30.8. The molecule has 0 fully saturated rings. The summed E-state index contributed by atoms with van der Waals surface area (Å²) in [5.41, 5.74) is 1.13. The van der Waals surface area contributed by atoms with Crippen LogP contribution in [0, 0.1) is 11.6 Å². The number of sulfonamides is 1. The number of hydrogen-bond acceptors (Lipinski definition) is 4. The lowest BCUT2D eigenvalue weighted by Crippen LogP contribution is -2.53. The first-order chi connectivity index (χ1) is 20.7. The Kier molecular flexibility index (Phi) is 10.6. The lowest BCUT2D eigenvalue weighted by molar-refractivity contribution is -0.140. The summed E-state index contributed by atoms with van der Waals surface area (Å²) in [6, 6.07) is 26.3. The molecule has 43 heavy (non-hydrogen) atoms.